The normalized spacial score (nSPS) is 13.1. The van der Waals surface area contributed by atoms with Crippen molar-refractivity contribution < 1.29 is 19.9 Å². The number of aromatic nitrogens is 3. The third kappa shape index (κ3) is 5.56. The first kappa shape index (κ1) is 18.8. The van der Waals surface area contributed by atoms with Crippen LogP contribution in [0.2, 0.25) is 0 Å². The number of nitrogen functional groups attached to an aromatic ring is 1. The zero-order valence-electron chi connectivity index (χ0n) is 22.7. The Morgan fingerprint density at radius 3 is 1.79 bits per heavy atom. The molecule has 0 radical (unpaired) electrons. The Labute approximate surface area is 201 Å². The first-order valence-corrected chi connectivity index (χ1v) is 9.81. The monoisotopic (exact) mass is 472 g/mol. The third-order valence-electron chi connectivity index (χ3n) is 4.67. The van der Waals surface area contributed by atoms with Gasteiger partial charge in [0.1, 0.15) is 17.1 Å². The summed E-state index contributed by atoms with van der Waals surface area (Å²) in [5, 5.41) is 7.25. The second-order valence-corrected chi connectivity index (χ2v) is 7.36. The minimum Gasteiger partial charge on any atom is -0.397 e. The highest BCUT2D eigenvalue weighted by Gasteiger charge is 2.18. The Hall–Kier alpha value is -4.68. The number of amides is 3. The third-order valence-corrected chi connectivity index (χ3v) is 4.67. The standard InChI is InChI=1S/C21H28N10O3/c1-29-9-12(22)6-15(29)19(33)27-14-8-17(31(3)11-14)20(34)28-13-7-16(30(2)10-13)18(32)25-4-5-26-21(23)24/h6-11H,4-5,22H2,1-3H3,(H,25,32)(H,27,33)(H,28,34)(H4,23,24,26)/i4D2,5D2. The molecule has 0 fully saturated rings. The Bertz CT molecular complexity index is 1430. The van der Waals surface area contributed by atoms with Crippen LogP contribution in [0.5, 0.6) is 0 Å². The van der Waals surface area contributed by atoms with Crippen molar-refractivity contribution >= 4 is 40.7 Å². The molecule has 0 atom stereocenters. The van der Waals surface area contributed by atoms with Crippen LogP contribution in [0, 0.1) is 0 Å². The predicted octanol–water partition coefficient (Wildman–Crippen LogP) is -0.208. The Morgan fingerprint density at radius 2 is 1.32 bits per heavy atom. The van der Waals surface area contributed by atoms with Gasteiger partial charge in [0.05, 0.1) is 29.0 Å². The second kappa shape index (κ2) is 9.85. The number of carbonyl (C=O) groups is 3. The van der Waals surface area contributed by atoms with Gasteiger partial charge in [0.25, 0.3) is 17.7 Å². The zero-order chi connectivity index (χ0) is 28.6. The van der Waals surface area contributed by atoms with Gasteiger partial charge in [0, 0.05) is 46.2 Å². The largest absolute Gasteiger partial charge is 0.397 e. The van der Waals surface area contributed by atoms with Crippen LogP contribution in [0.15, 0.2) is 41.8 Å². The maximum absolute atomic E-state index is 12.9. The number of rotatable bonds is 8. The van der Waals surface area contributed by atoms with Crippen LogP contribution >= 0.6 is 0 Å². The lowest BCUT2D eigenvalue weighted by molar-refractivity contribution is 0.0945. The molecule has 3 amide bonds. The molecule has 3 heterocycles. The van der Waals surface area contributed by atoms with Crippen LogP contribution in [0.25, 0.3) is 0 Å². The molecular weight excluding hydrogens is 440 g/mol. The summed E-state index contributed by atoms with van der Waals surface area (Å²) in [5.74, 6) is -2.62. The summed E-state index contributed by atoms with van der Waals surface area (Å²) in [6, 6.07) is 4.27. The predicted molar refractivity (Wildman–Crippen MR) is 130 cm³/mol. The van der Waals surface area contributed by atoms with Gasteiger partial charge in [-0.05, 0) is 18.2 Å². The summed E-state index contributed by atoms with van der Waals surface area (Å²) < 4.78 is 35.6. The molecule has 0 spiro atoms. The van der Waals surface area contributed by atoms with Crippen LogP contribution in [-0.2, 0) is 21.1 Å². The summed E-state index contributed by atoms with van der Waals surface area (Å²) in [7, 11) is 4.77. The number of carbonyl (C=O) groups excluding carboxylic acids is 3. The summed E-state index contributed by atoms with van der Waals surface area (Å²) in [6.45, 7) is -5.91. The molecule has 0 aliphatic heterocycles. The van der Waals surface area contributed by atoms with E-state index in [2.05, 4.69) is 15.6 Å². The summed E-state index contributed by atoms with van der Waals surface area (Å²) in [5.41, 5.74) is 17.5. The maximum atomic E-state index is 12.9. The number of anilines is 3. The number of guanidine groups is 1. The molecule has 3 aromatic rings. The molecule has 0 unspecified atom stereocenters. The fraction of sp³-hybridized carbons (Fsp3) is 0.238. The van der Waals surface area contributed by atoms with E-state index in [0.717, 1.165) is 0 Å². The number of aliphatic imine (C=N–C) groups is 1. The second-order valence-electron chi connectivity index (χ2n) is 7.36. The van der Waals surface area contributed by atoms with Gasteiger partial charge >= 0.3 is 0 Å². The number of nitrogens with zero attached hydrogens (tertiary/aromatic N) is 4. The smallest absolute Gasteiger partial charge is 0.272 e. The van der Waals surface area contributed by atoms with Crippen LogP contribution < -0.4 is 33.2 Å². The van der Waals surface area contributed by atoms with Crippen molar-refractivity contribution in [3.05, 3.63) is 53.9 Å². The van der Waals surface area contributed by atoms with Crippen molar-refractivity contribution in [1.82, 2.24) is 19.0 Å². The molecule has 3 rings (SSSR count). The highest BCUT2D eigenvalue weighted by atomic mass is 16.2. The van der Waals surface area contributed by atoms with Gasteiger partial charge < -0.3 is 46.9 Å². The fourth-order valence-electron chi connectivity index (χ4n) is 3.16. The summed E-state index contributed by atoms with van der Waals surface area (Å²) in [4.78, 5) is 41.3. The molecule has 180 valence electrons. The van der Waals surface area contributed by atoms with Crippen molar-refractivity contribution in [2.45, 2.75) is 0 Å². The first-order valence-electron chi connectivity index (χ1n) is 11.8. The van der Waals surface area contributed by atoms with Crippen LogP contribution in [0.3, 0.4) is 0 Å². The lowest BCUT2D eigenvalue weighted by Gasteiger charge is -2.04. The molecule has 0 saturated heterocycles. The van der Waals surface area contributed by atoms with E-state index in [0.29, 0.717) is 17.1 Å². The minimum atomic E-state index is -2.96. The molecule has 13 nitrogen and oxygen atoms in total. The molecule has 34 heavy (non-hydrogen) atoms. The lowest BCUT2D eigenvalue weighted by atomic mass is 10.3. The van der Waals surface area contributed by atoms with Crippen LogP contribution in [0.1, 0.15) is 36.9 Å². The number of nitrogens with one attached hydrogen (secondary N) is 3. The van der Waals surface area contributed by atoms with Crippen molar-refractivity contribution in [2.75, 3.05) is 29.4 Å². The zero-order valence-corrected chi connectivity index (χ0v) is 18.7. The first-order chi connectivity index (χ1) is 17.5. The molecular formula is C21H28N10O3. The molecule has 0 aliphatic rings. The molecule has 13 heteroatoms. The van der Waals surface area contributed by atoms with Crippen molar-refractivity contribution in [3.8, 4) is 0 Å². The van der Waals surface area contributed by atoms with E-state index < -0.39 is 36.7 Å². The molecule has 9 N–H and O–H groups in total. The Kier molecular flexibility index (Phi) is 5.46. The van der Waals surface area contributed by atoms with Crippen molar-refractivity contribution in [1.29, 1.82) is 0 Å². The SMILES string of the molecule is [2H]C([2H])(N=C(N)N)C([2H])([2H])NC(=O)c1cc(NC(=O)c2cc(NC(=O)c3cc(N)cn3C)cn2C)cn1C. The maximum Gasteiger partial charge on any atom is 0.272 e. The number of aryl methyl sites for hydroxylation is 3. The van der Waals surface area contributed by atoms with Crippen molar-refractivity contribution in [2.24, 2.45) is 37.6 Å². The summed E-state index contributed by atoms with van der Waals surface area (Å²) >= 11 is 0. The Balaban J connectivity index is 1.72. The van der Waals surface area contributed by atoms with E-state index in [4.69, 9.17) is 22.7 Å². The summed E-state index contributed by atoms with van der Waals surface area (Å²) in [6.07, 6.45) is 4.56. The van der Waals surface area contributed by atoms with Gasteiger partial charge in [-0.2, -0.15) is 0 Å². The van der Waals surface area contributed by atoms with Gasteiger partial charge in [0.15, 0.2) is 5.96 Å². The Morgan fingerprint density at radius 1 is 0.853 bits per heavy atom. The van der Waals surface area contributed by atoms with E-state index in [1.165, 1.54) is 40.6 Å². The van der Waals surface area contributed by atoms with E-state index in [1.54, 1.807) is 31.1 Å². The fourth-order valence-corrected chi connectivity index (χ4v) is 3.16. The van der Waals surface area contributed by atoms with E-state index in [1.807, 2.05) is 5.32 Å². The number of nitrogens with two attached hydrogens (primary N) is 3. The quantitative estimate of drug-likeness (QED) is 0.194. The van der Waals surface area contributed by atoms with Gasteiger partial charge in [-0.1, -0.05) is 0 Å². The van der Waals surface area contributed by atoms with Crippen LogP contribution in [0.4, 0.5) is 17.1 Å². The molecule has 0 aliphatic carbocycles. The molecule has 0 bridgehead atoms. The number of hydrogen-bond acceptors (Lipinski definition) is 5. The van der Waals surface area contributed by atoms with E-state index >= 15 is 0 Å². The highest BCUT2D eigenvalue weighted by molar-refractivity contribution is 6.07. The van der Waals surface area contributed by atoms with Gasteiger partial charge in [-0.15, -0.1) is 0 Å². The van der Waals surface area contributed by atoms with Crippen molar-refractivity contribution in [3.63, 3.8) is 0 Å². The number of hydrogen-bond donors (Lipinski definition) is 6. The van der Waals surface area contributed by atoms with E-state index in [-0.39, 0.29) is 17.1 Å². The average Bonchev–Trinajstić information content (AvgIpc) is 3.42. The molecule has 0 aromatic carbocycles. The van der Waals surface area contributed by atoms with Gasteiger partial charge in [-0.25, -0.2) is 0 Å². The molecule has 3 aromatic heterocycles. The van der Waals surface area contributed by atoms with Gasteiger partial charge in [-0.3, -0.25) is 19.4 Å². The van der Waals surface area contributed by atoms with Crippen LogP contribution in [-0.4, -0.2) is 50.4 Å². The lowest BCUT2D eigenvalue weighted by Crippen LogP contribution is -2.29. The average molecular weight is 473 g/mol. The van der Waals surface area contributed by atoms with Gasteiger partial charge in [0.2, 0.25) is 0 Å². The van der Waals surface area contributed by atoms with E-state index in [9.17, 15) is 14.4 Å². The topological polar surface area (TPSA) is 193 Å². The minimum absolute atomic E-state index is 0.0775. The highest BCUT2D eigenvalue weighted by Crippen LogP contribution is 2.19. The molecule has 0 saturated carbocycles.